The first kappa shape index (κ1) is 25.2. The van der Waals surface area contributed by atoms with E-state index in [9.17, 15) is 9.59 Å². The van der Waals surface area contributed by atoms with Crippen LogP contribution in [0.3, 0.4) is 0 Å². The number of rotatable bonds is 11. The fourth-order valence-corrected chi connectivity index (χ4v) is 2.84. The average molecular weight is 449 g/mol. The Morgan fingerprint density at radius 2 is 1.82 bits per heavy atom. The molecule has 172 valence electrons. The van der Waals surface area contributed by atoms with Crippen LogP contribution in [-0.2, 0) is 16.0 Å². The lowest BCUT2D eigenvalue weighted by molar-refractivity contribution is -0.117. The van der Waals surface area contributed by atoms with Crippen LogP contribution >= 0.6 is 0 Å². The maximum Gasteiger partial charge on any atom is 0.340 e. The van der Waals surface area contributed by atoms with Crippen molar-refractivity contribution < 1.29 is 23.8 Å². The number of esters is 1. The van der Waals surface area contributed by atoms with Crippen molar-refractivity contribution in [1.82, 2.24) is 5.32 Å². The summed E-state index contributed by atoms with van der Waals surface area (Å²) in [4.78, 5) is 24.1. The fraction of sp³-hybridized carbons (Fsp3) is 0.308. The molecule has 7 nitrogen and oxygen atoms in total. The third kappa shape index (κ3) is 8.51. The van der Waals surface area contributed by atoms with Gasteiger partial charge in [-0.2, -0.15) is 0 Å². The number of hydrogen-bond acceptors (Lipinski definition) is 7. The first-order valence-corrected chi connectivity index (χ1v) is 10.5. The second-order valence-electron chi connectivity index (χ2n) is 6.85. The van der Waals surface area contributed by atoms with Crippen molar-refractivity contribution in [2.45, 2.75) is 26.2 Å². The highest BCUT2D eigenvalue weighted by Gasteiger charge is 2.17. The second-order valence-corrected chi connectivity index (χ2v) is 6.85. The van der Waals surface area contributed by atoms with Gasteiger partial charge in [-0.1, -0.05) is 42.2 Å². The Morgan fingerprint density at radius 1 is 1.03 bits per heavy atom. The Kier molecular flexibility index (Phi) is 10.7. The lowest BCUT2D eigenvalue weighted by atomic mass is 10.1. The Morgan fingerprint density at radius 3 is 2.52 bits per heavy atom. The molecule has 0 amide bonds. The van der Waals surface area contributed by atoms with Crippen molar-refractivity contribution in [1.29, 1.82) is 0 Å². The zero-order chi connectivity index (χ0) is 23.9. The van der Waals surface area contributed by atoms with Crippen molar-refractivity contribution in [2.24, 2.45) is 0 Å². The van der Waals surface area contributed by atoms with Crippen molar-refractivity contribution in [3.05, 3.63) is 53.6 Å². The van der Waals surface area contributed by atoms with Gasteiger partial charge in [0.15, 0.2) is 11.5 Å². The van der Waals surface area contributed by atoms with Crippen LogP contribution in [0.4, 0.5) is 5.69 Å². The molecule has 0 aliphatic rings. The van der Waals surface area contributed by atoms with Crippen LogP contribution in [-0.4, -0.2) is 39.1 Å². The number of carbonyl (C=O) groups excluding carboxylic acids is 2. The van der Waals surface area contributed by atoms with Gasteiger partial charge in [0.1, 0.15) is 5.78 Å². The minimum Gasteiger partial charge on any atom is -0.493 e. The number of methoxy groups -OCH3 is 2. The molecule has 0 unspecified atom stereocenters. The molecular weight excluding hydrogens is 420 g/mol. The molecule has 2 aromatic rings. The molecule has 2 aromatic carbocycles. The highest BCUT2D eigenvalue weighted by Crippen LogP contribution is 2.34. The van der Waals surface area contributed by atoms with Crippen LogP contribution in [0.2, 0.25) is 0 Å². The summed E-state index contributed by atoms with van der Waals surface area (Å²) in [6, 6.07) is 18.3. The maximum absolute atomic E-state index is 12.1. The molecular formula is C26H28N2O5. The van der Waals surface area contributed by atoms with Crippen LogP contribution in [0.5, 0.6) is 11.5 Å². The van der Waals surface area contributed by atoms with E-state index in [1.807, 2.05) is 30.3 Å². The van der Waals surface area contributed by atoms with E-state index in [4.69, 9.17) is 14.2 Å². The van der Waals surface area contributed by atoms with E-state index in [1.165, 1.54) is 14.2 Å². The summed E-state index contributed by atoms with van der Waals surface area (Å²) in [5.41, 5.74) is 1.75. The van der Waals surface area contributed by atoms with Gasteiger partial charge in [-0.25, -0.2) is 4.79 Å². The molecule has 7 heteroatoms. The van der Waals surface area contributed by atoms with Gasteiger partial charge in [-0.05, 0) is 18.9 Å². The number of ether oxygens (including phenoxy) is 3. The summed E-state index contributed by atoms with van der Waals surface area (Å²) in [6.07, 6.45) is 1.25. The zero-order valence-electron chi connectivity index (χ0n) is 19.1. The van der Waals surface area contributed by atoms with E-state index in [-0.39, 0.29) is 12.2 Å². The molecule has 0 aromatic heterocycles. The number of nitrogens with one attached hydrogen (secondary N) is 2. The van der Waals surface area contributed by atoms with Crippen molar-refractivity contribution in [3.63, 3.8) is 0 Å². The van der Waals surface area contributed by atoms with Gasteiger partial charge >= 0.3 is 5.97 Å². The molecule has 0 heterocycles. The second kappa shape index (κ2) is 14.1. The van der Waals surface area contributed by atoms with Gasteiger partial charge in [0.25, 0.3) is 0 Å². The number of hydrogen-bond donors (Lipinski definition) is 2. The van der Waals surface area contributed by atoms with Crippen LogP contribution in [0.15, 0.2) is 42.5 Å². The zero-order valence-corrected chi connectivity index (χ0v) is 19.1. The van der Waals surface area contributed by atoms with E-state index >= 15 is 0 Å². The SMILES string of the molecule is CC#CNc1cc(OC)c(OCCCNC#CCC(=O)Cc2ccccc2)cc1C(=O)OC. The molecule has 0 spiro atoms. The number of carbonyl (C=O) groups is 2. The van der Waals surface area contributed by atoms with Gasteiger partial charge in [0.2, 0.25) is 0 Å². The minimum absolute atomic E-state index is 0.0789. The van der Waals surface area contributed by atoms with E-state index in [1.54, 1.807) is 19.1 Å². The van der Waals surface area contributed by atoms with Gasteiger partial charge in [0.05, 0.1) is 38.5 Å². The fourth-order valence-electron chi connectivity index (χ4n) is 2.84. The normalized spacial score (nSPS) is 9.42. The lowest BCUT2D eigenvalue weighted by Crippen LogP contribution is -2.13. The summed E-state index contributed by atoms with van der Waals surface area (Å²) >= 11 is 0. The van der Waals surface area contributed by atoms with Crippen molar-refractivity contribution >= 4 is 17.4 Å². The highest BCUT2D eigenvalue weighted by molar-refractivity contribution is 5.97. The average Bonchev–Trinajstić information content (AvgIpc) is 2.84. The highest BCUT2D eigenvalue weighted by atomic mass is 16.5. The van der Waals surface area contributed by atoms with Gasteiger partial charge in [-0.3, -0.25) is 4.79 Å². The third-order valence-electron chi connectivity index (χ3n) is 4.44. The lowest BCUT2D eigenvalue weighted by Gasteiger charge is -2.14. The summed E-state index contributed by atoms with van der Waals surface area (Å²) in [6.45, 7) is 2.64. The molecule has 0 radical (unpaired) electrons. The van der Waals surface area contributed by atoms with Crippen LogP contribution < -0.4 is 20.1 Å². The summed E-state index contributed by atoms with van der Waals surface area (Å²) in [5, 5.41) is 5.82. The molecule has 0 saturated heterocycles. The minimum atomic E-state index is -0.512. The Bertz CT molecular complexity index is 1060. The van der Waals surface area contributed by atoms with Gasteiger partial charge in [-0.15, -0.1) is 0 Å². The first-order chi connectivity index (χ1) is 16.1. The van der Waals surface area contributed by atoms with Crippen LogP contribution in [0.1, 0.15) is 35.7 Å². The molecule has 0 aliphatic carbocycles. The molecule has 33 heavy (non-hydrogen) atoms. The standard InChI is InChI=1S/C26H28N2O5/c1-4-13-28-23-19-24(31-2)25(18-22(23)26(30)32-3)33-16-9-15-27-14-8-12-21(29)17-20-10-6-5-7-11-20/h5-7,10-11,18-19,27-28H,9,12,15-17H2,1-3H3. The quantitative estimate of drug-likeness (QED) is 0.236. The summed E-state index contributed by atoms with van der Waals surface area (Å²) in [5.74, 6) is 6.00. The molecule has 2 N–H and O–H groups in total. The molecule has 2 rings (SSSR count). The van der Waals surface area contributed by atoms with Crippen molar-refractivity contribution in [2.75, 3.05) is 32.7 Å². The Hall–Kier alpha value is -4.10. The molecule has 0 fully saturated rings. The van der Waals surface area contributed by atoms with Crippen LogP contribution in [0.25, 0.3) is 0 Å². The van der Waals surface area contributed by atoms with E-state index in [0.717, 1.165) is 5.56 Å². The monoisotopic (exact) mass is 448 g/mol. The number of ketones is 1. The number of anilines is 1. The predicted molar refractivity (Wildman–Crippen MR) is 127 cm³/mol. The molecule has 0 atom stereocenters. The third-order valence-corrected chi connectivity index (χ3v) is 4.44. The van der Waals surface area contributed by atoms with Gasteiger partial charge in [0, 0.05) is 37.2 Å². The number of Topliss-reactive ketones (excluding diaryl/α,β-unsaturated/α-hetero) is 1. The topological polar surface area (TPSA) is 85.9 Å². The van der Waals surface area contributed by atoms with Gasteiger partial charge < -0.3 is 24.8 Å². The smallest absolute Gasteiger partial charge is 0.340 e. The largest absolute Gasteiger partial charge is 0.493 e. The van der Waals surface area contributed by atoms with E-state index in [0.29, 0.717) is 48.7 Å². The summed E-state index contributed by atoms with van der Waals surface area (Å²) in [7, 11) is 2.83. The first-order valence-electron chi connectivity index (χ1n) is 10.5. The predicted octanol–water partition coefficient (Wildman–Crippen LogP) is 3.40. The number of benzene rings is 2. The maximum atomic E-state index is 12.1. The Balaban J connectivity index is 1.81. The molecule has 0 aliphatic heterocycles. The van der Waals surface area contributed by atoms with Crippen LogP contribution in [0, 0.1) is 23.9 Å². The van der Waals surface area contributed by atoms with E-state index < -0.39 is 5.97 Å². The molecule has 0 bridgehead atoms. The van der Waals surface area contributed by atoms with E-state index in [2.05, 4.69) is 34.6 Å². The molecule has 0 saturated carbocycles. The Labute approximate surface area is 194 Å². The summed E-state index contributed by atoms with van der Waals surface area (Å²) < 4.78 is 16.0. The van der Waals surface area contributed by atoms with Crippen molar-refractivity contribution in [3.8, 4) is 35.4 Å².